The Morgan fingerprint density at radius 3 is 3.00 bits per heavy atom. The fourth-order valence-corrected chi connectivity index (χ4v) is 2.68. The molecule has 0 saturated carbocycles. The molecule has 0 aliphatic rings. The Morgan fingerprint density at radius 1 is 1.47 bits per heavy atom. The number of carboxylic acid groups (broad SMARTS) is 1. The molecule has 1 aromatic heterocycles. The van der Waals surface area contributed by atoms with Crippen molar-refractivity contribution in [2.45, 2.75) is 6.54 Å². The lowest BCUT2D eigenvalue weighted by atomic mass is 10.2. The van der Waals surface area contributed by atoms with Gasteiger partial charge >= 0.3 is 6.09 Å². The molecule has 0 bridgehead atoms. The molecule has 2 N–H and O–H groups in total. The lowest BCUT2D eigenvalue weighted by Gasteiger charge is -1.94. The zero-order valence-corrected chi connectivity index (χ0v) is 10.1. The minimum Gasteiger partial charge on any atom is -0.465 e. The van der Waals surface area contributed by atoms with Crippen LogP contribution < -0.4 is 5.32 Å². The second kappa shape index (κ2) is 4.20. The van der Waals surface area contributed by atoms with Gasteiger partial charge in [-0.3, -0.25) is 0 Å². The number of halogens is 1. The van der Waals surface area contributed by atoms with Crippen molar-refractivity contribution in [1.29, 1.82) is 0 Å². The van der Waals surface area contributed by atoms with Crippen LogP contribution in [0.5, 0.6) is 0 Å². The smallest absolute Gasteiger partial charge is 0.404 e. The van der Waals surface area contributed by atoms with Crippen LogP contribution in [0.1, 0.15) is 4.88 Å². The standard InChI is InChI=1S/C10H8BrNO2S/c11-7-1-2-9-6(3-7)4-8(15-9)5-12-10(13)14/h1-4,12H,5H2,(H,13,14). The van der Waals surface area contributed by atoms with Crippen molar-refractivity contribution in [3.05, 3.63) is 33.6 Å². The van der Waals surface area contributed by atoms with Crippen LogP contribution in [0.4, 0.5) is 4.79 Å². The molecule has 1 amide bonds. The van der Waals surface area contributed by atoms with E-state index in [2.05, 4.69) is 21.2 Å². The maximum atomic E-state index is 10.3. The minimum absolute atomic E-state index is 0.367. The first-order valence-corrected chi connectivity index (χ1v) is 5.91. The third-order valence-electron chi connectivity index (χ3n) is 1.94. The molecule has 0 atom stereocenters. The highest BCUT2D eigenvalue weighted by molar-refractivity contribution is 9.10. The molecule has 78 valence electrons. The van der Waals surface area contributed by atoms with Crippen LogP contribution in [0.2, 0.25) is 0 Å². The van der Waals surface area contributed by atoms with Crippen molar-refractivity contribution < 1.29 is 9.90 Å². The van der Waals surface area contributed by atoms with Gasteiger partial charge in [0.05, 0.1) is 6.54 Å². The molecule has 0 spiro atoms. The molecule has 0 aliphatic carbocycles. The van der Waals surface area contributed by atoms with Crippen LogP contribution in [-0.4, -0.2) is 11.2 Å². The SMILES string of the molecule is O=C(O)NCc1cc2cc(Br)ccc2s1. The van der Waals surface area contributed by atoms with Gasteiger partial charge in [-0.15, -0.1) is 11.3 Å². The number of nitrogens with one attached hydrogen (secondary N) is 1. The summed E-state index contributed by atoms with van der Waals surface area (Å²) in [7, 11) is 0. The van der Waals surface area contributed by atoms with Crippen molar-refractivity contribution in [2.24, 2.45) is 0 Å². The molecule has 15 heavy (non-hydrogen) atoms. The quantitative estimate of drug-likeness (QED) is 0.888. The third kappa shape index (κ3) is 2.49. The van der Waals surface area contributed by atoms with E-state index < -0.39 is 6.09 Å². The van der Waals surface area contributed by atoms with Crippen LogP contribution >= 0.6 is 27.3 Å². The van der Waals surface area contributed by atoms with Crippen molar-refractivity contribution >= 4 is 43.4 Å². The average molecular weight is 286 g/mol. The number of rotatable bonds is 2. The summed E-state index contributed by atoms with van der Waals surface area (Å²) in [6, 6.07) is 8.03. The van der Waals surface area contributed by atoms with Gasteiger partial charge in [0.2, 0.25) is 0 Å². The molecule has 0 unspecified atom stereocenters. The van der Waals surface area contributed by atoms with E-state index >= 15 is 0 Å². The topological polar surface area (TPSA) is 49.3 Å². The third-order valence-corrected chi connectivity index (χ3v) is 3.55. The van der Waals surface area contributed by atoms with Gasteiger partial charge in [0.15, 0.2) is 0 Å². The maximum Gasteiger partial charge on any atom is 0.404 e. The monoisotopic (exact) mass is 285 g/mol. The summed E-state index contributed by atoms with van der Waals surface area (Å²) in [6.45, 7) is 0.367. The van der Waals surface area contributed by atoms with E-state index in [1.807, 2.05) is 24.3 Å². The molecule has 2 aromatic rings. The van der Waals surface area contributed by atoms with Gasteiger partial charge < -0.3 is 10.4 Å². The second-order valence-corrected chi connectivity index (χ2v) is 5.14. The van der Waals surface area contributed by atoms with Gasteiger partial charge in [-0.1, -0.05) is 15.9 Å². The predicted octanol–water partition coefficient (Wildman–Crippen LogP) is 3.43. The zero-order chi connectivity index (χ0) is 10.8. The van der Waals surface area contributed by atoms with E-state index in [9.17, 15) is 4.79 Å². The molecule has 1 aromatic carbocycles. The average Bonchev–Trinajstić information content (AvgIpc) is 2.56. The van der Waals surface area contributed by atoms with Gasteiger partial charge in [-0.25, -0.2) is 4.79 Å². The highest BCUT2D eigenvalue weighted by atomic mass is 79.9. The molecular formula is C10H8BrNO2S. The largest absolute Gasteiger partial charge is 0.465 e. The van der Waals surface area contributed by atoms with Crippen molar-refractivity contribution in [2.75, 3.05) is 0 Å². The Hall–Kier alpha value is -1.07. The van der Waals surface area contributed by atoms with Crippen LogP contribution in [0.3, 0.4) is 0 Å². The maximum absolute atomic E-state index is 10.3. The van der Waals surface area contributed by atoms with E-state index in [-0.39, 0.29) is 0 Å². The number of hydrogen-bond donors (Lipinski definition) is 2. The lowest BCUT2D eigenvalue weighted by Crippen LogP contribution is -2.19. The summed E-state index contributed by atoms with van der Waals surface area (Å²) in [5.41, 5.74) is 0. The van der Waals surface area contributed by atoms with Crippen molar-refractivity contribution in [3.63, 3.8) is 0 Å². The predicted molar refractivity (Wildman–Crippen MR) is 64.4 cm³/mol. The summed E-state index contributed by atoms with van der Waals surface area (Å²) in [5.74, 6) is 0. The Labute approximate surface area is 98.9 Å². The Bertz CT molecular complexity index is 509. The number of hydrogen-bond acceptors (Lipinski definition) is 2. The van der Waals surface area contributed by atoms with E-state index in [4.69, 9.17) is 5.11 Å². The van der Waals surface area contributed by atoms with Gasteiger partial charge in [-0.2, -0.15) is 0 Å². The molecule has 1 heterocycles. The zero-order valence-electron chi connectivity index (χ0n) is 7.66. The molecule has 0 radical (unpaired) electrons. The molecular weight excluding hydrogens is 278 g/mol. The van der Waals surface area contributed by atoms with Crippen molar-refractivity contribution in [1.82, 2.24) is 5.32 Å². The molecule has 2 rings (SSSR count). The first-order valence-electron chi connectivity index (χ1n) is 4.30. The molecule has 5 heteroatoms. The fourth-order valence-electron chi connectivity index (χ4n) is 1.32. The first kappa shape index (κ1) is 10.4. The number of carbonyl (C=O) groups is 1. The van der Waals surface area contributed by atoms with Gasteiger partial charge in [0.1, 0.15) is 0 Å². The summed E-state index contributed by atoms with van der Waals surface area (Å²) in [6.07, 6.45) is -0.992. The summed E-state index contributed by atoms with van der Waals surface area (Å²) in [5, 5.41) is 12.0. The number of thiophene rings is 1. The van der Waals surface area contributed by atoms with Gasteiger partial charge in [0, 0.05) is 14.0 Å². The van der Waals surface area contributed by atoms with Crippen LogP contribution in [0, 0.1) is 0 Å². The van der Waals surface area contributed by atoms with E-state index in [0.717, 1.165) is 14.7 Å². The van der Waals surface area contributed by atoms with Gasteiger partial charge in [-0.05, 0) is 29.7 Å². The van der Waals surface area contributed by atoms with E-state index in [1.54, 1.807) is 11.3 Å². The fraction of sp³-hybridized carbons (Fsp3) is 0.100. The van der Waals surface area contributed by atoms with Crippen molar-refractivity contribution in [3.8, 4) is 0 Å². The second-order valence-electron chi connectivity index (χ2n) is 3.05. The van der Waals surface area contributed by atoms with E-state index in [1.165, 1.54) is 4.70 Å². The molecule has 0 aliphatic heterocycles. The number of benzene rings is 1. The normalized spacial score (nSPS) is 10.5. The highest BCUT2D eigenvalue weighted by Crippen LogP contribution is 2.28. The number of fused-ring (bicyclic) bond motifs is 1. The summed E-state index contributed by atoms with van der Waals surface area (Å²) < 4.78 is 2.20. The minimum atomic E-state index is -0.992. The Morgan fingerprint density at radius 2 is 2.27 bits per heavy atom. The lowest BCUT2D eigenvalue weighted by molar-refractivity contribution is 0.194. The number of amides is 1. The molecule has 0 saturated heterocycles. The molecule has 0 fully saturated rings. The van der Waals surface area contributed by atoms with Crippen LogP contribution in [0.25, 0.3) is 10.1 Å². The Balaban J connectivity index is 2.27. The summed E-state index contributed by atoms with van der Waals surface area (Å²) >= 11 is 5.00. The first-order chi connectivity index (χ1) is 7.15. The Kier molecular flexibility index (Phi) is 2.93. The highest BCUT2D eigenvalue weighted by Gasteiger charge is 2.03. The summed E-state index contributed by atoms with van der Waals surface area (Å²) in [4.78, 5) is 11.3. The van der Waals surface area contributed by atoms with E-state index in [0.29, 0.717) is 6.54 Å². The van der Waals surface area contributed by atoms with Gasteiger partial charge in [0.25, 0.3) is 0 Å². The molecule has 3 nitrogen and oxygen atoms in total. The van der Waals surface area contributed by atoms with Crippen LogP contribution in [0.15, 0.2) is 28.7 Å². The van der Waals surface area contributed by atoms with Crippen LogP contribution in [-0.2, 0) is 6.54 Å².